The van der Waals surface area contributed by atoms with E-state index in [4.69, 9.17) is 14.0 Å². The van der Waals surface area contributed by atoms with E-state index in [1.165, 1.54) is 4.90 Å². The molecule has 0 saturated carbocycles. The van der Waals surface area contributed by atoms with Gasteiger partial charge in [0, 0.05) is 31.6 Å². The fourth-order valence-electron chi connectivity index (χ4n) is 4.05. The van der Waals surface area contributed by atoms with Gasteiger partial charge in [0.1, 0.15) is 5.75 Å². The molecule has 0 bridgehead atoms. The van der Waals surface area contributed by atoms with E-state index in [0.29, 0.717) is 31.7 Å². The van der Waals surface area contributed by atoms with Gasteiger partial charge in [-0.3, -0.25) is 4.79 Å². The highest BCUT2D eigenvalue weighted by molar-refractivity contribution is 6.62. The first-order chi connectivity index (χ1) is 14.4. The predicted octanol–water partition coefficient (Wildman–Crippen LogP) is 2.49. The molecule has 2 amide bonds. The summed E-state index contributed by atoms with van der Waals surface area (Å²) in [5.74, 6) is 0.625. The molecule has 2 fully saturated rings. The number of piperidine rings is 1. The summed E-state index contributed by atoms with van der Waals surface area (Å²) in [6.45, 7) is 10.9. The van der Waals surface area contributed by atoms with Gasteiger partial charge in [-0.2, -0.15) is 0 Å². The van der Waals surface area contributed by atoms with E-state index in [0.717, 1.165) is 11.0 Å². The van der Waals surface area contributed by atoms with Crippen LogP contribution in [0.1, 0.15) is 53.0 Å². The van der Waals surface area contributed by atoms with Crippen LogP contribution in [0.15, 0.2) is 18.2 Å². The van der Waals surface area contributed by atoms with E-state index in [1.54, 1.807) is 18.9 Å². The zero-order chi connectivity index (χ0) is 23.0. The molecule has 1 aromatic rings. The van der Waals surface area contributed by atoms with Crippen LogP contribution < -0.4 is 10.2 Å². The molecule has 0 atom stereocenters. The minimum atomic E-state index is -0.974. The van der Waals surface area contributed by atoms with Crippen LogP contribution in [-0.4, -0.2) is 71.5 Å². The van der Waals surface area contributed by atoms with Crippen molar-refractivity contribution in [3.63, 3.8) is 0 Å². The summed E-state index contributed by atoms with van der Waals surface area (Å²) < 4.78 is 17.8. The number of likely N-dealkylation sites (tertiary alicyclic amines) is 1. The second kappa shape index (κ2) is 8.71. The maximum Gasteiger partial charge on any atom is 0.494 e. The molecule has 0 aromatic heterocycles. The monoisotopic (exact) mass is 432 g/mol. The number of nitrogens with zero attached hydrogens (tertiary/aromatic N) is 2. The molecular formula is C22H33BN2O6. The van der Waals surface area contributed by atoms with Crippen molar-refractivity contribution in [2.45, 2.75) is 71.2 Å². The Hall–Kier alpha value is -2.26. The maximum atomic E-state index is 12.0. The van der Waals surface area contributed by atoms with E-state index >= 15 is 0 Å². The van der Waals surface area contributed by atoms with Gasteiger partial charge in [-0.15, -0.1) is 0 Å². The van der Waals surface area contributed by atoms with Crippen molar-refractivity contribution in [2.75, 3.05) is 20.2 Å². The fourth-order valence-corrected chi connectivity index (χ4v) is 4.05. The largest absolute Gasteiger partial charge is 0.496 e. The number of carboxylic acid groups (broad SMARTS) is 1. The highest BCUT2D eigenvalue weighted by atomic mass is 16.7. The van der Waals surface area contributed by atoms with E-state index in [2.05, 4.69) is 0 Å². The molecule has 2 aliphatic rings. The van der Waals surface area contributed by atoms with Crippen LogP contribution in [0.25, 0.3) is 0 Å². The number of benzene rings is 1. The van der Waals surface area contributed by atoms with Gasteiger partial charge in [-0.1, -0.05) is 12.1 Å². The quantitative estimate of drug-likeness (QED) is 0.720. The summed E-state index contributed by atoms with van der Waals surface area (Å²) in [5.41, 5.74) is 0.715. The molecule has 0 radical (unpaired) electrons. The topological polar surface area (TPSA) is 88.5 Å². The number of ether oxygens (including phenoxy) is 1. The summed E-state index contributed by atoms with van der Waals surface area (Å²) in [6, 6.07) is 5.49. The highest BCUT2D eigenvalue weighted by Gasteiger charge is 2.51. The summed E-state index contributed by atoms with van der Waals surface area (Å²) in [4.78, 5) is 26.8. The molecule has 8 nitrogen and oxygen atoms in total. The number of carbonyl (C=O) groups is 2. The molecule has 0 spiro atoms. The Balaban J connectivity index is 1.76. The van der Waals surface area contributed by atoms with Gasteiger partial charge >= 0.3 is 13.2 Å². The average Bonchev–Trinajstić information content (AvgIpc) is 2.93. The van der Waals surface area contributed by atoms with Crippen molar-refractivity contribution >= 4 is 24.6 Å². The molecule has 1 N–H and O–H groups in total. The van der Waals surface area contributed by atoms with E-state index in [-0.39, 0.29) is 18.5 Å². The fraction of sp³-hybridized carbons (Fsp3) is 0.636. The molecule has 170 valence electrons. The van der Waals surface area contributed by atoms with Gasteiger partial charge in [-0.05, 0) is 52.1 Å². The Labute approximate surface area is 184 Å². The highest BCUT2D eigenvalue weighted by Crippen LogP contribution is 2.37. The van der Waals surface area contributed by atoms with Crippen LogP contribution in [0, 0.1) is 0 Å². The lowest BCUT2D eigenvalue weighted by Gasteiger charge is -2.37. The van der Waals surface area contributed by atoms with Gasteiger partial charge in [0.15, 0.2) is 0 Å². The molecular weight excluding hydrogens is 399 g/mol. The Morgan fingerprint density at radius 3 is 2.26 bits per heavy atom. The first-order valence-electron chi connectivity index (χ1n) is 10.7. The van der Waals surface area contributed by atoms with Crippen molar-refractivity contribution in [2.24, 2.45) is 0 Å². The lowest BCUT2D eigenvalue weighted by Crippen LogP contribution is -2.47. The van der Waals surface area contributed by atoms with Crippen molar-refractivity contribution in [1.29, 1.82) is 0 Å². The molecule has 1 aromatic carbocycles. The smallest absolute Gasteiger partial charge is 0.494 e. The molecule has 2 heterocycles. The van der Waals surface area contributed by atoms with Crippen LogP contribution >= 0.6 is 0 Å². The first kappa shape index (κ1) is 23.4. The molecule has 0 aliphatic carbocycles. The molecule has 9 heteroatoms. The molecule has 0 unspecified atom stereocenters. The predicted molar refractivity (Wildman–Crippen MR) is 118 cm³/mol. The number of hydrogen-bond acceptors (Lipinski definition) is 5. The Kier molecular flexibility index (Phi) is 6.57. The minimum Gasteiger partial charge on any atom is -0.496 e. The number of amides is 2. The Bertz CT molecular complexity index is 819. The normalized spacial score (nSPS) is 20.6. The third-order valence-electron chi connectivity index (χ3n) is 6.77. The van der Waals surface area contributed by atoms with E-state index in [9.17, 15) is 14.7 Å². The number of methoxy groups -OCH3 is 1. The summed E-state index contributed by atoms with van der Waals surface area (Å²) in [5, 5.41) is 9.83. The second-order valence-electron chi connectivity index (χ2n) is 9.31. The zero-order valence-corrected chi connectivity index (χ0v) is 19.3. The summed E-state index contributed by atoms with van der Waals surface area (Å²) in [7, 11) is 1.06. The van der Waals surface area contributed by atoms with Crippen LogP contribution in [0.3, 0.4) is 0 Å². The van der Waals surface area contributed by atoms with Gasteiger partial charge < -0.3 is 29.0 Å². The van der Waals surface area contributed by atoms with Gasteiger partial charge in [0.2, 0.25) is 5.91 Å². The second-order valence-corrected chi connectivity index (χ2v) is 9.31. The lowest BCUT2D eigenvalue weighted by atomic mass is 9.78. The number of rotatable bonds is 5. The Morgan fingerprint density at radius 1 is 1.19 bits per heavy atom. The van der Waals surface area contributed by atoms with E-state index < -0.39 is 24.4 Å². The van der Waals surface area contributed by atoms with Crippen molar-refractivity contribution < 1.29 is 28.7 Å². The van der Waals surface area contributed by atoms with Crippen molar-refractivity contribution in [1.82, 2.24) is 9.80 Å². The van der Waals surface area contributed by atoms with Crippen LogP contribution in [-0.2, 0) is 20.6 Å². The van der Waals surface area contributed by atoms with Crippen LogP contribution in [0.2, 0.25) is 0 Å². The van der Waals surface area contributed by atoms with Crippen LogP contribution in [0.4, 0.5) is 4.79 Å². The van der Waals surface area contributed by atoms with Crippen molar-refractivity contribution in [3.8, 4) is 5.75 Å². The maximum absolute atomic E-state index is 12.0. The molecule has 31 heavy (non-hydrogen) atoms. The van der Waals surface area contributed by atoms with Gasteiger partial charge in [0.25, 0.3) is 0 Å². The average molecular weight is 432 g/mol. The SMILES string of the molecule is COc1cc(B2OC(C)(C)C(C)(C)O2)ccc1CN(C(=O)O)C1CCN(C(C)=O)CC1. The van der Waals surface area contributed by atoms with E-state index in [1.807, 2.05) is 45.9 Å². The standard InChI is InChI=1S/C22H33BN2O6/c1-15(26)24-11-9-18(10-12-24)25(20(27)28)14-16-7-8-17(13-19(16)29-6)23-30-21(2,3)22(4,5)31-23/h7-8,13,18H,9-12,14H2,1-6H3,(H,27,28). The summed E-state index contributed by atoms with van der Waals surface area (Å²) in [6.07, 6.45) is 0.277. The third-order valence-corrected chi connectivity index (χ3v) is 6.77. The molecule has 3 rings (SSSR count). The van der Waals surface area contributed by atoms with Crippen molar-refractivity contribution in [3.05, 3.63) is 23.8 Å². The molecule has 2 aliphatic heterocycles. The number of hydrogen-bond donors (Lipinski definition) is 1. The van der Waals surface area contributed by atoms with Crippen LogP contribution in [0.5, 0.6) is 5.75 Å². The minimum absolute atomic E-state index is 0.0280. The Morgan fingerprint density at radius 2 is 1.77 bits per heavy atom. The third kappa shape index (κ3) is 4.82. The first-order valence-corrected chi connectivity index (χ1v) is 10.7. The zero-order valence-electron chi connectivity index (χ0n) is 19.3. The number of carbonyl (C=O) groups excluding carboxylic acids is 1. The van der Waals surface area contributed by atoms with Gasteiger partial charge in [-0.25, -0.2) is 4.79 Å². The summed E-state index contributed by atoms with van der Waals surface area (Å²) >= 11 is 0. The lowest BCUT2D eigenvalue weighted by molar-refractivity contribution is -0.130. The molecule has 2 saturated heterocycles. The van der Waals surface area contributed by atoms with Gasteiger partial charge in [0.05, 0.1) is 24.9 Å².